The Morgan fingerprint density at radius 3 is 2.43 bits per heavy atom. The zero-order valence-corrected chi connectivity index (χ0v) is 15.0. The lowest BCUT2D eigenvalue weighted by Gasteiger charge is -2.12. The fourth-order valence-corrected chi connectivity index (χ4v) is 2.85. The summed E-state index contributed by atoms with van der Waals surface area (Å²) < 4.78 is 57.7. The lowest BCUT2D eigenvalue weighted by atomic mass is 10.2. The first-order valence-electron chi connectivity index (χ1n) is 8.57. The summed E-state index contributed by atoms with van der Waals surface area (Å²) in [7, 11) is 0. The number of hydrogen-bond donors (Lipinski definition) is 0. The van der Waals surface area contributed by atoms with Crippen LogP contribution in [0.5, 0.6) is 5.75 Å². The van der Waals surface area contributed by atoms with Crippen molar-refractivity contribution in [3.8, 4) is 28.5 Å². The van der Waals surface area contributed by atoms with Crippen LogP contribution < -0.4 is 10.2 Å². The normalized spacial score (nSPS) is 11.5. The van der Waals surface area contributed by atoms with Gasteiger partial charge in [0.1, 0.15) is 11.4 Å². The standard InChI is InChI=1S/C20H12F4N4O2/c21-15-12-14(30-20(22,23)24)6-7-16(15)27-11-9-18(29)19(26-27)17-8-10-25-28(17)13-4-2-1-3-5-13/h1-12H. The summed E-state index contributed by atoms with van der Waals surface area (Å²) in [6.45, 7) is 0. The maximum absolute atomic E-state index is 14.4. The molecule has 0 fully saturated rings. The summed E-state index contributed by atoms with van der Waals surface area (Å²) in [5.41, 5.74) is 0.471. The number of alkyl halides is 3. The minimum atomic E-state index is -4.94. The van der Waals surface area contributed by atoms with Crippen molar-refractivity contribution in [2.45, 2.75) is 6.36 Å². The van der Waals surface area contributed by atoms with Crippen molar-refractivity contribution in [3.05, 3.63) is 89.1 Å². The van der Waals surface area contributed by atoms with E-state index in [0.717, 1.165) is 16.8 Å². The van der Waals surface area contributed by atoms with Crippen molar-refractivity contribution < 1.29 is 22.3 Å². The number of hydrogen-bond acceptors (Lipinski definition) is 4. The molecule has 0 unspecified atom stereocenters. The largest absolute Gasteiger partial charge is 0.573 e. The fourth-order valence-electron chi connectivity index (χ4n) is 2.85. The molecule has 0 saturated heterocycles. The van der Waals surface area contributed by atoms with Gasteiger partial charge in [0, 0.05) is 18.3 Å². The Hall–Kier alpha value is -3.95. The van der Waals surface area contributed by atoms with Gasteiger partial charge >= 0.3 is 6.36 Å². The average molecular weight is 416 g/mol. The van der Waals surface area contributed by atoms with Crippen LogP contribution in [0.2, 0.25) is 0 Å². The second kappa shape index (κ2) is 7.47. The molecular weight excluding hydrogens is 404 g/mol. The maximum atomic E-state index is 14.4. The molecule has 0 aliphatic heterocycles. The molecule has 0 spiro atoms. The summed E-state index contributed by atoms with van der Waals surface area (Å²) in [5, 5.41) is 8.38. The van der Waals surface area contributed by atoms with Gasteiger partial charge in [-0.15, -0.1) is 13.2 Å². The first-order valence-corrected chi connectivity index (χ1v) is 8.57. The van der Waals surface area contributed by atoms with E-state index in [2.05, 4.69) is 14.9 Å². The average Bonchev–Trinajstić information content (AvgIpc) is 3.18. The Kier molecular flexibility index (Phi) is 4.82. The fraction of sp³-hybridized carbons (Fsp3) is 0.0500. The molecule has 0 N–H and O–H groups in total. The van der Waals surface area contributed by atoms with E-state index >= 15 is 0 Å². The molecule has 30 heavy (non-hydrogen) atoms. The van der Waals surface area contributed by atoms with Gasteiger partial charge in [-0.3, -0.25) is 4.79 Å². The minimum absolute atomic E-state index is 0.00567. The van der Waals surface area contributed by atoms with Gasteiger partial charge in [0.05, 0.1) is 17.6 Å². The molecule has 0 amide bonds. The van der Waals surface area contributed by atoms with Gasteiger partial charge < -0.3 is 4.74 Å². The maximum Gasteiger partial charge on any atom is 0.573 e. The quantitative estimate of drug-likeness (QED) is 0.470. The second-order valence-corrected chi connectivity index (χ2v) is 6.10. The van der Waals surface area contributed by atoms with E-state index < -0.39 is 23.4 Å². The van der Waals surface area contributed by atoms with Gasteiger partial charge in [-0.1, -0.05) is 18.2 Å². The smallest absolute Gasteiger partial charge is 0.406 e. The van der Waals surface area contributed by atoms with Crippen LogP contribution in [0.3, 0.4) is 0 Å². The number of halogens is 4. The molecule has 0 atom stereocenters. The lowest BCUT2D eigenvalue weighted by Crippen LogP contribution is -2.18. The molecule has 0 saturated carbocycles. The Morgan fingerprint density at radius 1 is 0.967 bits per heavy atom. The Labute approximate surface area is 166 Å². The van der Waals surface area contributed by atoms with Crippen LogP contribution in [0, 0.1) is 5.82 Å². The van der Waals surface area contributed by atoms with Crippen molar-refractivity contribution in [1.29, 1.82) is 0 Å². The van der Waals surface area contributed by atoms with Crippen molar-refractivity contribution in [1.82, 2.24) is 19.6 Å². The first-order chi connectivity index (χ1) is 14.3. The molecule has 0 aliphatic rings. The lowest BCUT2D eigenvalue weighted by molar-refractivity contribution is -0.274. The minimum Gasteiger partial charge on any atom is -0.406 e. The molecule has 4 rings (SSSR count). The highest BCUT2D eigenvalue weighted by Gasteiger charge is 2.31. The summed E-state index contributed by atoms with van der Waals surface area (Å²) in [5.74, 6) is -1.71. The van der Waals surface area contributed by atoms with Crippen molar-refractivity contribution in [3.63, 3.8) is 0 Å². The molecule has 2 aromatic carbocycles. The number of aromatic nitrogens is 4. The third-order valence-electron chi connectivity index (χ3n) is 4.09. The van der Waals surface area contributed by atoms with Gasteiger partial charge in [0.25, 0.3) is 0 Å². The van der Waals surface area contributed by atoms with Crippen LogP contribution >= 0.6 is 0 Å². The van der Waals surface area contributed by atoms with Gasteiger partial charge in [-0.05, 0) is 30.3 Å². The van der Waals surface area contributed by atoms with E-state index in [1.54, 1.807) is 30.3 Å². The molecule has 6 nitrogen and oxygen atoms in total. The van der Waals surface area contributed by atoms with Crippen LogP contribution in [0.25, 0.3) is 22.8 Å². The van der Waals surface area contributed by atoms with Crippen LogP contribution in [0.4, 0.5) is 17.6 Å². The second-order valence-electron chi connectivity index (χ2n) is 6.10. The topological polar surface area (TPSA) is 61.9 Å². The van der Waals surface area contributed by atoms with Crippen LogP contribution in [-0.4, -0.2) is 25.9 Å². The molecule has 2 aromatic heterocycles. The van der Waals surface area contributed by atoms with Crippen molar-refractivity contribution in [2.24, 2.45) is 0 Å². The van der Waals surface area contributed by atoms with E-state index in [4.69, 9.17) is 0 Å². The van der Waals surface area contributed by atoms with E-state index in [1.165, 1.54) is 23.1 Å². The molecule has 0 radical (unpaired) electrons. The zero-order chi connectivity index (χ0) is 21.3. The highest BCUT2D eigenvalue weighted by atomic mass is 19.4. The zero-order valence-electron chi connectivity index (χ0n) is 15.0. The van der Waals surface area contributed by atoms with Gasteiger partial charge in [0.15, 0.2) is 11.5 Å². The summed E-state index contributed by atoms with van der Waals surface area (Å²) in [6.07, 6.45) is -2.23. The predicted molar refractivity (Wildman–Crippen MR) is 99.0 cm³/mol. The monoisotopic (exact) mass is 416 g/mol. The SMILES string of the molecule is O=c1ccn(-c2ccc(OC(F)(F)F)cc2F)nc1-c1ccnn1-c1ccccc1. The summed E-state index contributed by atoms with van der Waals surface area (Å²) in [4.78, 5) is 12.4. The number of benzene rings is 2. The first kappa shape index (κ1) is 19.4. The highest BCUT2D eigenvalue weighted by Crippen LogP contribution is 2.26. The van der Waals surface area contributed by atoms with E-state index in [9.17, 15) is 22.4 Å². The Bertz CT molecular complexity index is 1250. The van der Waals surface area contributed by atoms with Crippen LogP contribution in [0.1, 0.15) is 0 Å². The van der Waals surface area contributed by atoms with Crippen molar-refractivity contribution >= 4 is 0 Å². The predicted octanol–water partition coefficient (Wildman–Crippen LogP) is 4.12. The van der Waals surface area contributed by atoms with Gasteiger partial charge in [-0.25, -0.2) is 13.8 Å². The van der Waals surface area contributed by atoms with E-state index in [1.807, 2.05) is 6.07 Å². The molecular formula is C20H12F4N4O2. The third-order valence-corrected chi connectivity index (χ3v) is 4.09. The van der Waals surface area contributed by atoms with Crippen LogP contribution in [-0.2, 0) is 0 Å². The Morgan fingerprint density at radius 2 is 1.73 bits per heavy atom. The molecule has 10 heteroatoms. The van der Waals surface area contributed by atoms with Gasteiger partial charge in [-0.2, -0.15) is 10.2 Å². The number of para-hydroxylation sites is 1. The molecule has 0 aliphatic carbocycles. The molecule has 152 valence electrons. The molecule has 4 aromatic rings. The summed E-state index contributed by atoms with van der Waals surface area (Å²) >= 11 is 0. The molecule has 2 heterocycles. The van der Waals surface area contributed by atoms with E-state index in [0.29, 0.717) is 17.4 Å². The third kappa shape index (κ3) is 3.93. The Balaban J connectivity index is 1.76. The van der Waals surface area contributed by atoms with Crippen LogP contribution in [0.15, 0.2) is 77.9 Å². The highest BCUT2D eigenvalue weighted by molar-refractivity contribution is 5.57. The number of rotatable bonds is 4. The summed E-state index contributed by atoms with van der Waals surface area (Å²) in [6, 6.07) is 14.4. The number of ether oxygens (including phenoxy) is 1. The van der Waals surface area contributed by atoms with E-state index in [-0.39, 0.29) is 11.4 Å². The van der Waals surface area contributed by atoms with Crippen molar-refractivity contribution in [2.75, 3.05) is 0 Å². The molecule has 0 bridgehead atoms. The number of nitrogens with zero attached hydrogens (tertiary/aromatic N) is 4. The van der Waals surface area contributed by atoms with Gasteiger partial charge in [0.2, 0.25) is 5.43 Å².